The topological polar surface area (TPSA) is 60.2 Å². The largest absolute Gasteiger partial charge is 0.399 e. The lowest BCUT2D eigenvalue weighted by molar-refractivity contribution is 0.360. The Labute approximate surface area is 108 Å². The third-order valence-electron chi connectivity index (χ3n) is 4.54. The summed E-state index contributed by atoms with van der Waals surface area (Å²) in [5, 5.41) is 0. The SMILES string of the molecule is Nc1cccc(S(=O)(=O)CC2CC3CCC2C3)c1. The highest BCUT2D eigenvalue weighted by atomic mass is 32.2. The van der Waals surface area contributed by atoms with Crippen LogP contribution in [0.15, 0.2) is 29.2 Å². The first-order chi connectivity index (χ1) is 8.54. The van der Waals surface area contributed by atoms with Crippen LogP contribution in [0.1, 0.15) is 25.7 Å². The molecule has 0 heterocycles. The molecule has 0 amide bonds. The summed E-state index contributed by atoms with van der Waals surface area (Å²) in [5.41, 5.74) is 6.18. The number of benzene rings is 1. The molecule has 0 spiro atoms. The van der Waals surface area contributed by atoms with Crippen molar-refractivity contribution < 1.29 is 8.42 Å². The standard InChI is InChI=1S/C14H19NO2S/c15-13-2-1-3-14(8-13)18(16,17)9-12-7-10-4-5-11(12)6-10/h1-3,8,10-12H,4-7,9,15H2. The van der Waals surface area contributed by atoms with Crippen LogP contribution in [0.25, 0.3) is 0 Å². The van der Waals surface area contributed by atoms with Crippen LogP contribution in [-0.4, -0.2) is 14.2 Å². The number of hydrogen-bond acceptors (Lipinski definition) is 3. The fraction of sp³-hybridized carbons (Fsp3) is 0.571. The van der Waals surface area contributed by atoms with Crippen LogP contribution in [0, 0.1) is 17.8 Å². The van der Waals surface area contributed by atoms with Gasteiger partial charge in [-0.05, 0) is 55.2 Å². The zero-order valence-corrected chi connectivity index (χ0v) is 11.2. The van der Waals surface area contributed by atoms with Crippen LogP contribution in [0.5, 0.6) is 0 Å². The van der Waals surface area contributed by atoms with Crippen LogP contribution in [0.2, 0.25) is 0 Å². The average molecular weight is 265 g/mol. The Morgan fingerprint density at radius 3 is 2.67 bits per heavy atom. The third kappa shape index (κ3) is 2.14. The second kappa shape index (κ2) is 4.26. The van der Waals surface area contributed by atoms with Gasteiger partial charge < -0.3 is 5.73 Å². The van der Waals surface area contributed by atoms with E-state index in [0.29, 0.717) is 28.2 Å². The highest BCUT2D eigenvalue weighted by molar-refractivity contribution is 7.91. The number of rotatable bonds is 3. The van der Waals surface area contributed by atoms with Crippen molar-refractivity contribution in [2.75, 3.05) is 11.5 Å². The van der Waals surface area contributed by atoms with Crippen molar-refractivity contribution in [1.29, 1.82) is 0 Å². The van der Waals surface area contributed by atoms with Crippen LogP contribution in [-0.2, 0) is 9.84 Å². The van der Waals surface area contributed by atoms with Crippen molar-refractivity contribution in [2.24, 2.45) is 17.8 Å². The van der Waals surface area contributed by atoms with E-state index >= 15 is 0 Å². The molecule has 3 nitrogen and oxygen atoms in total. The maximum absolute atomic E-state index is 12.4. The highest BCUT2D eigenvalue weighted by Gasteiger charge is 2.41. The summed E-state index contributed by atoms with van der Waals surface area (Å²) < 4.78 is 24.7. The minimum absolute atomic E-state index is 0.303. The average Bonchev–Trinajstić information content (AvgIpc) is 2.90. The van der Waals surface area contributed by atoms with Gasteiger partial charge in [-0.2, -0.15) is 0 Å². The van der Waals surface area contributed by atoms with Gasteiger partial charge in [-0.25, -0.2) is 8.42 Å². The molecule has 3 rings (SSSR count). The number of hydrogen-bond donors (Lipinski definition) is 1. The van der Waals surface area contributed by atoms with Gasteiger partial charge in [0.15, 0.2) is 9.84 Å². The normalized spacial score (nSPS) is 30.8. The first-order valence-electron chi connectivity index (χ1n) is 6.63. The number of fused-ring (bicyclic) bond motifs is 2. The van der Waals surface area contributed by atoms with Crippen molar-refractivity contribution in [3.63, 3.8) is 0 Å². The van der Waals surface area contributed by atoms with Crippen LogP contribution in [0.3, 0.4) is 0 Å². The molecule has 1 aromatic rings. The molecule has 0 radical (unpaired) electrons. The van der Waals surface area contributed by atoms with Gasteiger partial charge in [0.1, 0.15) is 0 Å². The molecule has 3 atom stereocenters. The van der Waals surface area contributed by atoms with E-state index in [1.54, 1.807) is 24.3 Å². The first-order valence-corrected chi connectivity index (χ1v) is 8.28. The summed E-state index contributed by atoms with van der Waals surface area (Å²) in [5.74, 6) is 2.11. The zero-order chi connectivity index (χ0) is 12.8. The van der Waals surface area contributed by atoms with Gasteiger partial charge in [0.2, 0.25) is 0 Å². The van der Waals surface area contributed by atoms with Crippen LogP contribution < -0.4 is 5.73 Å². The lowest BCUT2D eigenvalue weighted by atomic mass is 9.90. The van der Waals surface area contributed by atoms with E-state index in [1.165, 1.54) is 19.3 Å². The second-order valence-electron chi connectivity index (χ2n) is 5.79. The van der Waals surface area contributed by atoms with Gasteiger partial charge in [-0.1, -0.05) is 12.5 Å². The lowest BCUT2D eigenvalue weighted by Crippen LogP contribution is -2.21. The molecule has 2 aliphatic rings. The van der Waals surface area contributed by atoms with E-state index in [9.17, 15) is 8.42 Å². The monoisotopic (exact) mass is 265 g/mol. The van der Waals surface area contributed by atoms with E-state index in [0.717, 1.165) is 12.3 Å². The van der Waals surface area contributed by atoms with Crippen molar-refractivity contribution in [3.05, 3.63) is 24.3 Å². The van der Waals surface area contributed by atoms with Crippen molar-refractivity contribution in [1.82, 2.24) is 0 Å². The quantitative estimate of drug-likeness (QED) is 0.854. The Morgan fingerprint density at radius 2 is 2.06 bits per heavy atom. The van der Waals surface area contributed by atoms with Gasteiger partial charge in [-0.3, -0.25) is 0 Å². The molecule has 2 bridgehead atoms. The maximum atomic E-state index is 12.4. The molecule has 18 heavy (non-hydrogen) atoms. The Balaban J connectivity index is 1.79. The molecule has 0 aliphatic heterocycles. The highest BCUT2D eigenvalue weighted by Crippen LogP contribution is 2.49. The van der Waals surface area contributed by atoms with Gasteiger partial charge in [0.25, 0.3) is 0 Å². The van der Waals surface area contributed by atoms with Gasteiger partial charge in [-0.15, -0.1) is 0 Å². The van der Waals surface area contributed by atoms with E-state index < -0.39 is 9.84 Å². The number of anilines is 1. The number of sulfone groups is 1. The molecular weight excluding hydrogens is 246 g/mol. The molecule has 2 N–H and O–H groups in total. The summed E-state index contributed by atoms with van der Waals surface area (Å²) in [6.45, 7) is 0. The molecule has 2 fully saturated rings. The molecule has 0 saturated heterocycles. The summed E-state index contributed by atoms with van der Waals surface area (Å²) in [6, 6.07) is 6.65. The Kier molecular flexibility index (Phi) is 2.85. The number of nitrogen functional groups attached to an aromatic ring is 1. The first kappa shape index (κ1) is 12.0. The molecule has 1 aromatic carbocycles. The Morgan fingerprint density at radius 1 is 1.22 bits per heavy atom. The Hall–Kier alpha value is -1.03. The summed E-state index contributed by atoms with van der Waals surface area (Å²) in [6.07, 6.45) is 4.88. The van der Waals surface area contributed by atoms with Gasteiger partial charge in [0.05, 0.1) is 10.6 Å². The maximum Gasteiger partial charge on any atom is 0.178 e. The molecular formula is C14H19NO2S. The van der Waals surface area contributed by atoms with Crippen LogP contribution >= 0.6 is 0 Å². The van der Waals surface area contributed by atoms with Crippen molar-refractivity contribution >= 4 is 15.5 Å². The molecule has 3 unspecified atom stereocenters. The fourth-order valence-electron chi connectivity index (χ4n) is 3.67. The van der Waals surface area contributed by atoms with Crippen LogP contribution in [0.4, 0.5) is 5.69 Å². The second-order valence-corrected chi connectivity index (χ2v) is 7.82. The summed E-state index contributed by atoms with van der Waals surface area (Å²) in [7, 11) is -3.17. The molecule has 4 heteroatoms. The summed E-state index contributed by atoms with van der Waals surface area (Å²) >= 11 is 0. The van der Waals surface area contributed by atoms with E-state index in [-0.39, 0.29) is 0 Å². The fourth-order valence-corrected chi connectivity index (χ4v) is 5.43. The number of nitrogens with two attached hydrogens (primary N) is 1. The van der Waals surface area contributed by atoms with Crippen molar-refractivity contribution in [3.8, 4) is 0 Å². The Bertz CT molecular complexity index is 553. The van der Waals surface area contributed by atoms with Gasteiger partial charge in [0, 0.05) is 5.69 Å². The van der Waals surface area contributed by atoms with Crippen molar-refractivity contribution in [2.45, 2.75) is 30.6 Å². The molecule has 2 saturated carbocycles. The summed E-state index contributed by atoms with van der Waals surface area (Å²) in [4.78, 5) is 0.380. The van der Waals surface area contributed by atoms with E-state index in [4.69, 9.17) is 5.73 Å². The molecule has 2 aliphatic carbocycles. The smallest absolute Gasteiger partial charge is 0.178 e. The van der Waals surface area contributed by atoms with Gasteiger partial charge >= 0.3 is 0 Å². The predicted molar refractivity (Wildman–Crippen MR) is 71.8 cm³/mol. The van der Waals surface area contributed by atoms with E-state index in [1.807, 2.05) is 0 Å². The molecule has 0 aromatic heterocycles. The predicted octanol–water partition coefficient (Wildman–Crippen LogP) is 2.48. The van der Waals surface area contributed by atoms with E-state index in [2.05, 4.69) is 0 Å². The third-order valence-corrected chi connectivity index (χ3v) is 6.37. The molecule has 98 valence electrons. The zero-order valence-electron chi connectivity index (χ0n) is 10.4. The minimum atomic E-state index is -3.17. The minimum Gasteiger partial charge on any atom is -0.399 e. The lowest BCUT2D eigenvalue weighted by Gasteiger charge is -2.21.